The molecule has 0 saturated carbocycles. The van der Waals surface area contributed by atoms with Gasteiger partial charge in [-0.05, 0) is 19.4 Å². The summed E-state index contributed by atoms with van der Waals surface area (Å²) in [6, 6.07) is -0.627. The zero-order valence-electron chi connectivity index (χ0n) is 16.0. The zero-order valence-corrected chi connectivity index (χ0v) is 17.6. The highest BCUT2D eigenvalue weighted by atomic mass is 32.2. The molecule has 10 nitrogen and oxygen atoms in total. The number of β-lactam (4-membered cyclic amide) rings is 1. The number of carboxylic acid groups (broad SMARTS) is 1. The van der Waals surface area contributed by atoms with Crippen molar-refractivity contribution in [3.8, 4) is 11.4 Å². The lowest BCUT2D eigenvalue weighted by Crippen LogP contribution is -2.68. The van der Waals surface area contributed by atoms with Gasteiger partial charge in [0, 0.05) is 30.8 Å². The van der Waals surface area contributed by atoms with Crippen molar-refractivity contribution in [2.45, 2.75) is 43.5 Å². The summed E-state index contributed by atoms with van der Waals surface area (Å²) in [5, 5.41) is 22.9. The molecule has 1 fully saturated rings. The molecule has 3 N–H and O–H groups in total. The number of carbonyl (C=O) groups excluding carboxylic acids is 1. The number of aromatic nitrogens is 5. The van der Waals surface area contributed by atoms with Crippen molar-refractivity contribution >= 4 is 35.4 Å². The highest BCUT2D eigenvalue weighted by Crippen LogP contribution is 2.40. The predicted molar refractivity (Wildman–Crippen MR) is 109 cm³/mol. The number of hydrogen-bond donors (Lipinski definition) is 2. The van der Waals surface area contributed by atoms with Gasteiger partial charge in [-0.1, -0.05) is 11.8 Å². The van der Waals surface area contributed by atoms with E-state index in [0.717, 1.165) is 17.9 Å². The number of nitrogens with zero attached hydrogens (tertiary/aromatic N) is 6. The van der Waals surface area contributed by atoms with Crippen LogP contribution in [0.2, 0.25) is 0 Å². The number of amides is 1. The summed E-state index contributed by atoms with van der Waals surface area (Å²) in [7, 11) is 0. The van der Waals surface area contributed by atoms with E-state index in [1.807, 2.05) is 29.3 Å². The number of aliphatic carboxylic acids is 1. The number of nitrogens with two attached hydrogens (primary N) is 1. The van der Waals surface area contributed by atoms with Crippen molar-refractivity contribution in [2.75, 3.05) is 11.5 Å². The average Bonchev–Trinajstić information content (AvgIpc) is 3.36. The molecule has 154 valence electrons. The van der Waals surface area contributed by atoms with Crippen LogP contribution < -0.4 is 5.73 Å². The molecule has 4 rings (SSSR count). The average molecular weight is 436 g/mol. The maximum absolute atomic E-state index is 12.1. The van der Waals surface area contributed by atoms with E-state index in [1.165, 1.54) is 28.4 Å². The lowest BCUT2D eigenvalue weighted by atomic mass is 10.0. The van der Waals surface area contributed by atoms with E-state index >= 15 is 0 Å². The fraction of sp³-hybridized carbons (Fsp3) is 0.471. The Balaban J connectivity index is 1.57. The molecule has 12 heteroatoms. The van der Waals surface area contributed by atoms with Crippen LogP contribution in [0.5, 0.6) is 0 Å². The Kier molecular flexibility index (Phi) is 5.40. The molecular weight excluding hydrogens is 414 g/mol. The summed E-state index contributed by atoms with van der Waals surface area (Å²) in [5.74, 6) is 0.217. The first-order chi connectivity index (χ1) is 14.0. The summed E-state index contributed by atoms with van der Waals surface area (Å²) < 4.78 is 3.80. The molecule has 2 aliphatic heterocycles. The molecule has 2 aliphatic rings. The molecule has 0 aliphatic carbocycles. The highest BCUT2D eigenvalue weighted by Gasteiger charge is 2.51. The van der Waals surface area contributed by atoms with E-state index in [2.05, 4.69) is 15.3 Å². The normalized spacial score (nSPS) is 21.3. The van der Waals surface area contributed by atoms with Crippen molar-refractivity contribution in [3.05, 3.63) is 23.7 Å². The fourth-order valence-electron chi connectivity index (χ4n) is 3.39. The second-order valence-corrected chi connectivity index (χ2v) is 8.66. The summed E-state index contributed by atoms with van der Waals surface area (Å²) in [5.41, 5.74) is 7.43. The monoisotopic (exact) mass is 435 g/mol. The fourth-order valence-corrected chi connectivity index (χ4v) is 5.82. The van der Waals surface area contributed by atoms with Gasteiger partial charge in [0.2, 0.25) is 5.91 Å². The van der Waals surface area contributed by atoms with E-state index in [1.54, 1.807) is 6.20 Å². The Labute approximate surface area is 175 Å². The number of hydrogen-bond acceptors (Lipinski definition) is 8. The second kappa shape index (κ2) is 7.84. The first-order valence-corrected chi connectivity index (χ1v) is 11.2. The van der Waals surface area contributed by atoms with Gasteiger partial charge >= 0.3 is 5.97 Å². The van der Waals surface area contributed by atoms with Gasteiger partial charge in [-0.3, -0.25) is 14.4 Å². The molecule has 1 saturated heterocycles. The lowest BCUT2D eigenvalue weighted by Gasteiger charge is -2.48. The minimum Gasteiger partial charge on any atom is -0.477 e. The van der Waals surface area contributed by atoms with Crippen LogP contribution in [0.25, 0.3) is 11.4 Å². The van der Waals surface area contributed by atoms with Gasteiger partial charge in [0.05, 0.1) is 11.8 Å². The molecule has 2 atom stereocenters. The third-order valence-corrected chi connectivity index (χ3v) is 7.33. The first-order valence-electron chi connectivity index (χ1n) is 9.20. The van der Waals surface area contributed by atoms with Gasteiger partial charge in [-0.2, -0.15) is 5.10 Å². The molecular formula is C17H21N7O3S2. The minimum atomic E-state index is -1.10. The van der Waals surface area contributed by atoms with Crippen LogP contribution >= 0.6 is 23.5 Å². The number of rotatable bonds is 7. The van der Waals surface area contributed by atoms with E-state index in [4.69, 9.17) is 5.73 Å². The topological polar surface area (TPSA) is 132 Å². The van der Waals surface area contributed by atoms with Crippen molar-refractivity contribution in [3.63, 3.8) is 0 Å². The molecule has 0 spiro atoms. The van der Waals surface area contributed by atoms with Gasteiger partial charge in [-0.15, -0.1) is 22.0 Å². The summed E-state index contributed by atoms with van der Waals surface area (Å²) in [6.45, 7) is 5.46. The van der Waals surface area contributed by atoms with Gasteiger partial charge in [0.1, 0.15) is 17.1 Å². The van der Waals surface area contributed by atoms with Crippen LogP contribution in [0, 0.1) is 0 Å². The summed E-state index contributed by atoms with van der Waals surface area (Å²) in [6.07, 6.45) is 3.68. The van der Waals surface area contributed by atoms with Crippen molar-refractivity contribution in [1.82, 2.24) is 29.4 Å². The molecule has 0 unspecified atom stereocenters. The minimum absolute atomic E-state index is 0.0555. The molecule has 0 bridgehead atoms. The number of aryl methyl sites for hydroxylation is 1. The number of carboxylic acids is 1. The van der Waals surface area contributed by atoms with Crippen LogP contribution in [0.15, 0.2) is 28.8 Å². The maximum Gasteiger partial charge on any atom is 0.352 e. The molecule has 0 radical (unpaired) electrons. The van der Waals surface area contributed by atoms with Crippen LogP contribution in [-0.2, 0) is 22.7 Å². The van der Waals surface area contributed by atoms with Crippen molar-refractivity contribution < 1.29 is 14.7 Å². The number of carbonyl (C=O) groups is 2. The Hall–Kier alpha value is -2.31. The van der Waals surface area contributed by atoms with E-state index in [9.17, 15) is 14.7 Å². The third-order valence-electron chi connectivity index (χ3n) is 4.91. The van der Waals surface area contributed by atoms with Gasteiger partial charge in [0.15, 0.2) is 11.0 Å². The SMILES string of the molecule is CCn1cc(-c2nnc(SCC3=C(C(=O)O)N4C(=O)[C@@H](N)[C@H]4SC3)n2CC)cn1. The number of fused-ring (bicyclic) bond motifs is 1. The smallest absolute Gasteiger partial charge is 0.352 e. The van der Waals surface area contributed by atoms with Crippen LogP contribution in [-0.4, -0.2) is 69.3 Å². The van der Waals surface area contributed by atoms with Gasteiger partial charge in [-0.25, -0.2) is 4.79 Å². The van der Waals surface area contributed by atoms with E-state index in [-0.39, 0.29) is 17.0 Å². The van der Waals surface area contributed by atoms with E-state index < -0.39 is 12.0 Å². The maximum atomic E-state index is 12.1. The quantitative estimate of drug-likeness (QED) is 0.480. The Morgan fingerprint density at radius 1 is 1.38 bits per heavy atom. The zero-order chi connectivity index (χ0) is 20.7. The number of thioether (sulfide) groups is 2. The molecule has 1 amide bonds. The molecule has 2 aromatic rings. The van der Waals surface area contributed by atoms with Crippen LogP contribution in [0.3, 0.4) is 0 Å². The molecule has 0 aromatic carbocycles. The summed E-state index contributed by atoms with van der Waals surface area (Å²) in [4.78, 5) is 25.2. The Bertz CT molecular complexity index is 999. The molecule has 4 heterocycles. The van der Waals surface area contributed by atoms with E-state index in [0.29, 0.717) is 28.8 Å². The second-order valence-electron chi connectivity index (χ2n) is 6.62. The van der Waals surface area contributed by atoms with Gasteiger partial charge in [0.25, 0.3) is 0 Å². The Morgan fingerprint density at radius 2 is 2.17 bits per heavy atom. The largest absolute Gasteiger partial charge is 0.477 e. The van der Waals surface area contributed by atoms with Gasteiger partial charge < -0.3 is 15.4 Å². The summed E-state index contributed by atoms with van der Waals surface area (Å²) >= 11 is 2.91. The molecule has 2 aromatic heterocycles. The third kappa shape index (κ3) is 3.34. The highest BCUT2D eigenvalue weighted by molar-refractivity contribution is 8.01. The standard InChI is InChI=1S/C17H21N7O3S2/c1-3-22-6-9(5-19-22)13-20-21-17(23(13)4-2)29-8-10-7-28-15-11(18)14(25)24(15)12(10)16(26)27/h5-6,11,15H,3-4,7-8,18H2,1-2H3,(H,26,27)/t11-,15-/m1/s1. The van der Waals surface area contributed by atoms with Crippen LogP contribution in [0.4, 0.5) is 0 Å². The first kappa shape index (κ1) is 20.0. The Morgan fingerprint density at radius 3 is 2.83 bits per heavy atom. The van der Waals surface area contributed by atoms with Crippen LogP contribution in [0.1, 0.15) is 13.8 Å². The predicted octanol–water partition coefficient (Wildman–Crippen LogP) is 0.855. The molecule has 29 heavy (non-hydrogen) atoms. The van der Waals surface area contributed by atoms with Crippen molar-refractivity contribution in [1.29, 1.82) is 0 Å². The van der Waals surface area contributed by atoms with Crippen molar-refractivity contribution in [2.24, 2.45) is 5.73 Å². The lowest BCUT2D eigenvalue weighted by molar-refractivity contribution is -0.147.